The summed E-state index contributed by atoms with van der Waals surface area (Å²) in [6.45, 7) is 9.26. The van der Waals surface area contributed by atoms with Crippen LogP contribution in [0.15, 0.2) is 55.6 Å². The molecule has 0 aliphatic carbocycles. The molecular formula is C21H28N2O5. The highest BCUT2D eigenvalue weighted by Crippen LogP contribution is 2.11. The molecule has 0 spiro atoms. The van der Waals surface area contributed by atoms with Crippen molar-refractivity contribution in [1.29, 1.82) is 0 Å². The monoisotopic (exact) mass is 388 g/mol. The van der Waals surface area contributed by atoms with Crippen molar-refractivity contribution in [3.05, 3.63) is 61.2 Å². The van der Waals surface area contributed by atoms with Crippen LogP contribution in [0.2, 0.25) is 0 Å². The Kier molecular flexibility index (Phi) is 9.84. The average Bonchev–Trinajstić information content (AvgIpc) is 2.72. The minimum atomic E-state index is -2.06. The van der Waals surface area contributed by atoms with Gasteiger partial charge in [0.1, 0.15) is 0 Å². The van der Waals surface area contributed by atoms with Crippen LogP contribution >= 0.6 is 0 Å². The molecular weight excluding hydrogens is 360 g/mol. The van der Waals surface area contributed by atoms with Gasteiger partial charge in [-0.2, -0.15) is 0 Å². The molecule has 0 heterocycles. The molecule has 0 bridgehead atoms. The topological polar surface area (TPSA) is 98.2 Å². The fourth-order valence-electron chi connectivity index (χ4n) is 2.55. The Hall–Kier alpha value is -2.77. The van der Waals surface area contributed by atoms with E-state index in [1.54, 1.807) is 30.3 Å². The minimum Gasteiger partial charge on any atom is -0.380 e. The third kappa shape index (κ3) is 6.14. The second-order valence-corrected chi connectivity index (χ2v) is 6.22. The van der Waals surface area contributed by atoms with Gasteiger partial charge in [-0.25, -0.2) is 0 Å². The van der Waals surface area contributed by atoms with Crippen molar-refractivity contribution in [2.45, 2.75) is 32.0 Å². The smallest absolute Gasteiger partial charge is 0.261 e. The highest BCUT2D eigenvalue weighted by Gasteiger charge is 2.37. The number of imide groups is 1. The summed E-state index contributed by atoms with van der Waals surface area (Å²) in [6, 6.07) is 8.16. The number of rotatable bonds is 11. The number of nitrogens with zero attached hydrogens (tertiary/aromatic N) is 2. The predicted molar refractivity (Wildman–Crippen MR) is 106 cm³/mol. The number of carbonyl (C=O) groups is 3. The van der Waals surface area contributed by atoms with Gasteiger partial charge in [0.25, 0.3) is 17.7 Å². The van der Waals surface area contributed by atoms with Crippen molar-refractivity contribution in [1.82, 2.24) is 9.80 Å². The summed E-state index contributed by atoms with van der Waals surface area (Å²) in [4.78, 5) is 39.9. The quantitative estimate of drug-likeness (QED) is 0.558. The molecule has 0 aliphatic heterocycles. The summed E-state index contributed by atoms with van der Waals surface area (Å²) < 4.78 is 0. The number of hydrogen-bond acceptors (Lipinski definition) is 5. The molecule has 1 rings (SSSR count). The lowest BCUT2D eigenvalue weighted by Gasteiger charge is -2.28. The van der Waals surface area contributed by atoms with Crippen LogP contribution in [0.1, 0.15) is 30.1 Å². The van der Waals surface area contributed by atoms with Crippen LogP contribution in [0.5, 0.6) is 0 Å². The Morgan fingerprint density at radius 1 is 1.00 bits per heavy atom. The molecule has 0 fully saturated rings. The molecule has 0 aliphatic rings. The minimum absolute atomic E-state index is 0.0735. The maximum absolute atomic E-state index is 12.7. The van der Waals surface area contributed by atoms with Gasteiger partial charge in [-0.3, -0.25) is 19.3 Å². The van der Waals surface area contributed by atoms with Gasteiger partial charge in [-0.1, -0.05) is 43.7 Å². The highest BCUT2D eigenvalue weighted by atomic mass is 16.3. The number of unbranched alkanes of at least 4 members (excludes halogenated alkanes) is 1. The summed E-state index contributed by atoms with van der Waals surface area (Å²) in [5, 5.41) is 20.6. The molecule has 0 saturated heterocycles. The van der Waals surface area contributed by atoms with E-state index >= 15 is 0 Å². The molecule has 28 heavy (non-hydrogen) atoms. The van der Waals surface area contributed by atoms with Crippen LogP contribution in [0, 0.1) is 0 Å². The molecule has 0 saturated carbocycles. The lowest BCUT2D eigenvalue weighted by atomic mass is 10.1. The van der Waals surface area contributed by atoms with E-state index in [4.69, 9.17) is 0 Å². The van der Waals surface area contributed by atoms with Crippen molar-refractivity contribution in [2.24, 2.45) is 0 Å². The zero-order chi connectivity index (χ0) is 21.1. The Balaban J connectivity index is 3.02. The number of aliphatic hydroxyl groups is 2. The van der Waals surface area contributed by atoms with Gasteiger partial charge in [0.15, 0.2) is 12.2 Å². The summed E-state index contributed by atoms with van der Waals surface area (Å²) in [5.41, 5.74) is 0.278. The number of aliphatic hydroxyl groups excluding tert-OH is 2. The largest absolute Gasteiger partial charge is 0.380 e. The lowest BCUT2D eigenvalue weighted by Crippen LogP contribution is -2.53. The van der Waals surface area contributed by atoms with Gasteiger partial charge in [-0.05, 0) is 18.6 Å². The van der Waals surface area contributed by atoms with Gasteiger partial charge in [0.2, 0.25) is 0 Å². The van der Waals surface area contributed by atoms with E-state index in [0.717, 1.165) is 11.3 Å². The first-order chi connectivity index (χ1) is 13.4. The highest BCUT2D eigenvalue weighted by molar-refractivity contribution is 6.07. The normalized spacial score (nSPS) is 12.5. The van der Waals surface area contributed by atoms with Crippen molar-refractivity contribution < 1.29 is 24.6 Å². The molecule has 2 atom stereocenters. The SMILES string of the molecule is C=CCN(CC=C)C(=O)C(O)C(O)C(=O)N(CCCC)C(=O)c1ccccc1. The number of benzene rings is 1. The molecule has 1 aromatic rings. The van der Waals surface area contributed by atoms with E-state index in [2.05, 4.69) is 13.2 Å². The van der Waals surface area contributed by atoms with Crippen LogP contribution in [0.3, 0.4) is 0 Å². The van der Waals surface area contributed by atoms with E-state index in [-0.39, 0.29) is 25.2 Å². The molecule has 152 valence electrons. The van der Waals surface area contributed by atoms with E-state index in [1.165, 1.54) is 17.1 Å². The van der Waals surface area contributed by atoms with Crippen molar-refractivity contribution in [2.75, 3.05) is 19.6 Å². The third-order valence-corrected chi connectivity index (χ3v) is 4.08. The zero-order valence-corrected chi connectivity index (χ0v) is 16.2. The number of amides is 3. The molecule has 0 radical (unpaired) electrons. The van der Waals surface area contributed by atoms with Crippen LogP contribution < -0.4 is 0 Å². The fraction of sp³-hybridized carbons (Fsp3) is 0.381. The summed E-state index contributed by atoms with van der Waals surface area (Å²) >= 11 is 0. The summed E-state index contributed by atoms with van der Waals surface area (Å²) in [7, 11) is 0. The van der Waals surface area contributed by atoms with E-state index in [1.807, 2.05) is 6.92 Å². The van der Waals surface area contributed by atoms with Gasteiger partial charge >= 0.3 is 0 Å². The Morgan fingerprint density at radius 3 is 2.04 bits per heavy atom. The van der Waals surface area contributed by atoms with Gasteiger partial charge < -0.3 is 15.1 Å². The first kappa shape index (κ1) is 23.3. The number of hydrogen-bond donors (Lipinski definition) is 2. The van der Waals surface area contributed by atoms with Crippen LogP contribution in [0.4, 0.5) is 0 Å². The van der Waals surface area contributed by atoms with Crippen molar-refractivity contribution >= 4 is 17.7 Å². The molecule has 3 amide bonds. The first-order valence-corrected chi connectivity index (χ1v) is 9.16. The standard InChI is InChI=1S/C21H28N2O5/c1-4-7-15-23(19(26)16-11-9-8-10-12-16)21(28)18(25)17(24)20(27)22(13-5-2)14-6-3/h5-6,8-12,17-18,24-25H,2-4,7,13-15H2,1H3. The average molecular weight is 388 g/mol. The third-order valence-electron chi connectivity index (χ3n) is 4.08. The zero-order valence-electron chi connectivity index (χ0n) is 16.2. The first-order valence-electron chi connectivity index (χ1n) is 9.16. The van der Waals surface area contributed by atoms with Crippen molar-refractivity contribution in [3.8, 4) is 0 Å². The van der Waals surface area contributed by atoms with E-state index < -0.39 is 29.9 Å². The Morgan fingerprint density at radius 2 is 1.54 bits per heavy atom. The lowest BCUT2D eigenvalue weighted by molar-refractivity contribution is -0.156. The van der Waals surface area contributed by atoms with Crippen LogP contribution in [0.25, 0.3) is 0 Å². The predicted octanol–water partition coefficient (Wildman–Crippen LogP) is 1.38. The fourth-order valence-corrected chi connectivity index (χ4v) is 2.55. The van der Waals surface area contributed by atoms with Gasteiger partial charge in [0.05, 0.1) is 0 Å². The van der Waals surface area contributed by atoms with E-state index in [9.17, 15) is 24.6 Å². The van der Waals surface area contributed by atoms with Crippen LogP contribution in [-0.4, -0.2) is 69.6 Å². The van der Waals surface area contributed by atoms with E-state index in [0.29, 0.717) is 6.42 Å². The molecule has 1 aromatic carbocycles. The van der Waals surface area contributed by atoms with Gasteiger partial charge in [0, 0.05) is 25.2 Å². The molecule has 7 nitrogen and oxygen atoms in total. The van der Waals surface area contributed by atoms with Crippen LogP contribution in [-0.2, 0) is 9.59 Å². The van der Waals surface area contributed by atoms with Crippen molar-refractivity contribution in [3.63, 3.8) is 0 Å². The second kappa shape index (κ2) is 11.8. The Bertz CT molecular complexity index is 679. The molecule has 0 aromatic heterocycles. The summed E-state index contributed by atoms with van der Waals surface area (Å²) in [6.07, 6.45) is 0.0915. The Labute approximate surface area is 165 Å². The molecule has 2 N–H and O–H groups in total. The van der Waals surface area contributed by atoms with Gasteiger partial charge in [-0.15, -0.1) is 13.2 Å². The maximum Gasteiger partial charge on any atom is 0.261 e. The molecule has 2 unspecified atom stereocenters. The summed E-state index contributed by atoms with van der Waals surface area (Å²) in [5.74, 6) is -2.45. The second-order valence-electron chi connectivity index (χ2n) is 6.22. The maximum atomic E-state index is 12.7. The molecule has 7 heteroatoms. The number of carbonyl (C=O) groups excluding carboxylic acids is 3.